The Morgan fingerprint density at radius 1 is 1.18 bits per heavy atom. The molecule has 0 spiro atoms. The van der Waals surface area contributed by atoms with Crippen LogP contribution in [0.5, 0.6) is 0 Å². The first-order valence-corrected chi connectivity index (χ1v) is 6.40. The SMILES string of the molecule is CC(C)([N+](=O)[O-])[N+](=O)Nc1nonc1NCc1ccccc1. The molecule has 0 saturated carbocycles. The van der Waals surface area contributed by atoms with Crippen molar-refractivity contribution in [1.29, 1.82) is 0 Å². The summed E-state index contributed by atoms with van der Waals surface area (Å²) >= 11 is 0. The van der Waals surface area contributed by atoms with E-state index in [1.165, 1.54) is 0 Å². The topological polar surface area (TPSA) is 126 Å². The number of anilines is 2. The number of nitroso groups, excluding NO2 is 1. The van der Waals surface area contributed by atoms with Gasteiger partial charge in [0.25, 0.3) is 5.82 Å². The molecule has 22 heavy (non-hydrogen) atoms. The predicted molar refractivity (Wildman–Crippen MR) is 76.4 cm³/mol. The molecule has 0 aliphatic heterocycles. The second kappa shape index (κ2) is 6.16. The van der Waals surface area contributed by atoms with Crippen molar-refractivity contribution < 1.29 is 14.4 Å². The summed E-state index contributed by atoms with van der Waals surface area (Å²) in [6.45, 7) is 2.76. The van der Waals surface area contributed by atoms with Gasteiger partial charge in [-0.05, 0) is 15.9 Å². The fourth-order valence-electron chi connectivity index (χ4n) is 1.47. The van der Waals surface area contributed by atoms with Gasteiger partial charge in [-0.2, -0.15) is 0 Å². The minimum Gasteiger partial charge on any atom is -0.360 e. The Morgan fingerprint density at radius 3 is 2.45 bits per heavy atom. The van der Waals surface area contributed by atoms with Gasteiger partial charge in [0.05, 0.1) is 23.7 Å². The van der Waals surface area contributed by atoms with Crippen LogP contribution in [0, 0.1) is 15.0 Å². The van der Waals surface area contributed by atoms with E-state index in [4.69, 9.17) is 0 Å². The highest BCUT2D eigenvalue weighted by molar-refractivity contribution is 5.56. The third-order valence-corrected chi connectivity index (χ3v) is 2.94. The molecule has 0 aliphatic carbocycles. The molecule has 1 heterocycles. The molecule has 0 fully saturated rings. The summed E-state index contributed by atoms with van der Waals surface area (Å²) in [5.74, 6) is 0.157. The van der Waals surface area contributed by atoms with Crippen molar-refractivity contribution in [2.75, 3.05) is 10.7 Å². The number of rotatable bonds is 7. The standard InChI is InChI=1S/C12H15N6O4/c1-12(2,18(20)21)17(19)14-11-10(15-22-16-11)13-8-9-6-4-3-5-7-9/h3-7H,8H2,1-2H3,(H,13,15)(H,14,16,19)/q+1. The van der Waals surface area contributed by atoms with E-state index in [-0.39, 0.29) is 16.5 Å². The first-order chi connectivity index (χ1) is 10.4. The summed E-state index contributed by atoms with van der Waals surface area (Å²) in [4.78, 5) is 22.0. The quantitative estimate of drug-likeness (QED) is 0.343. The molecule has 2 aromatic rings. The highest BCUT2D eigenvalue weighted by atomic mass is 16.6. The van der Waals surface area contributed by atoms with Gasteiger partial charge >= 0.3 is 5.66 Å². The van der Waals surface area contributed by atoms with Crippen LogP contribution in [-0.4, -0.2) is 25.8 Å². The Morgan fingerprint density at radius 2 is 1.82 bits per heavy atom. The zero-order chi connectivity index (χ0) is 16.2. The van der Waals surface area contributed by atoms with Crippen LogP contribution in [0.2, 0.25) is 0 Å². The molecular weight excluding hydrogens is 292 g/mol. The fourth-order valence-corrected chi connectivity index (χ4v) is 1.47. The maximum atomic E-state index is 11.8. The third kappa shape index (κ3) is 3.34. The van der Waals surface area contributed by atoms with Crippen molar-refractivity contribution in [2.45, 2.75) is 26.1 Å². The number of nitrogens with one attached hydrogen (secondary N) is 2. The van der Waals surface area contributed by atoms with Crippen molar-refractivity contribution in [3.8, 4) is 0 Å². The van der Waals surface area contributed by atoms with Crippen molar-refractivity contribution >= 4 is 11.6 Å². The smallest absolute Gasteiger partial charge is 0.360 e. The summed E-state index contributed by atoms with van der Waals surface area (Å²) in [5, 5.41) is 20.9. The Bertz CT molecular complexity index is 669. The maximum Gasteiger partial charge on any atom is 0.472 e. The van der Waals surface area contributed by atoms with E-state index in [0.717, 1.165) is 19.4 Å². The zero-order valence-corrected chi connectivity index (χ0v) is 12.0. The first kappa shape index (κ1) is 15.4. The molecule has 0 amide bonds. The Kier molecular flexibility index (Phi) is 4.30. The molecule has 1 aromatic carbocycles. The molecule has 10 heteroatoms. The van der Waals surface area contributed by atoms with Crippen LogP contribution in [0.4, 0.5) is 11.6 Å². The molecule has 0 radical (unpaired) electrons. The second-order valence-electron chi connectivity index (χ2n) is 4.96. The lowest BCUT2D eigenvalue weighted by Gasteiger charge is -2.06. The number of nitro groups is 1. The van der Waals surface area contributed by atoms with Crippen LogP contribution in [0.15, 0.2) is 35.0 Å². The molecule has 1 aromatic heterocycles. The largest absolute Gasteiger partial charge is 0.472 e. The third-order valence-electron chi connectivity index (χ3n) is 2.94. The van der Waals surface area contributed by atoms with Crippen molar-refractivity contribution in [1.82, 2.24) is 10.3 Å². The van der Waals surface area contributed by atoms with Crippen LogP contribution in [0.1, 0.15) is 19.4 Å². The summed E-state index contributed by atoms with van der Waals surface area (Å²) < 4.78 is 4.55. The van der Waals surface area contributed by atoms with Gasteiger partial charge in [-0.1, -0.05) is 35.8 Å². The lowest BCUT2D eigenvalue weighted by atomic mass is 10.2. The number of hydrazine groups is 1. The van der Waals surface area contributed by atoms with Crippen molar-refractivity contribution in [2.24, 2.45) is 0 Å². The van der Waals surface area contributed by atoms with E-state index in [2.05, 4.69) is 25.7 Å². The van der Waals surface area contributed by atoms with E-state index in [9.17, 15) is 15.0 Å². The van der Waals surface area contributed by atoms with Gasteiger partial charge in [0, 0.05) is 6.54 Å². The summed E-state index contributed by atoms with van der Waals surface area (Å²) in [7, 11) is 0. The van der Waals surface area contributed by atoms with Crippen LogP contribution in [0.3, 0.4) is 0 Å². The number of hydrogen-bond donors (Lipinski definition) is 2. The summed E-state index contributed by atoms with van der Waals surface area (Å²) in [6.07, 6.45) is 0. The first-order valence-electron chi connectivity index (χ1n) is 6.40. The average molecular weight is 307 g/mol. The van der Waals surface area contributed by atoms with Gasteiger partial charge in [0.15, 0.2) is 4.87 Å². The molecule has 0 saturated heterocycles. The monoisotopic (exact) mass is 307 g/mol. The second-order valence-corrected chi connectivity index (χ2v) is 4.96. The van der Waals surface area contributed by atoms with E-state index < -0.39 is 10.6 Å². The summed E-state index contributed by atoms with van der Waals surface area (Å²) in [5.41, 5.74) is 1.38. The van der Waals surface area contributed by atoms with E-state index in [1.807, 2.05) is 30.3 Å². The number of hydrogen-bond acceptors (Lipinski definition) is 7. The Balaban J connectivity index is 2.04. The summed E-state index contributed by atoms with van der Waals surface area (Å²) in [6, 6.07) is 9.47. The van der Waals surface area contributed by atoms with Crippen LogP contribution in [-0.2, 0) is 6.54 Å². The maximum absolute atomic E-state index is 11.8. The van der Waals surface area contributed by atoms with Gasteiger partial charge in [0.2, 0.25) is 5.82 Å². The Labute approximate surface area is 125 Å². The van der Waals surface area contributed by atoms with Gasteiger partial charge < -0.3 is 5.32 Å². The van der Waals surface area contributed by atoms with E-state index >= 15 is 0 Å². The lowest BCUT2D eigenvalue weighted by molar-refractivity contribution is -0.801. The van der Waals surface area contributed by atoms with Crippen LogP contribution in [0.25, 0.3) is 0 Å². The number of aromatic nitrogens is 2. The molecule has 0 bridgehead atoms. The number of nitrogens with zero attached hydrogens (tertiary/aromatic N) is 4. The minimum atomic E-state index is -1.87. The van der Waals surface area contributed by atoms with E-state index in [1.54, 1.807) is 0 Å². The molecule has 0 aliphatic rings. The van der Waals surface area contributed by atoms with Crippen LogP contribution < -0.4 is 10.7 Å². The minimum absolute atomic E-state index is 0.0270. The molecule has 10 nitrogen and oxygen atoms in total. The normalized spacial score (nSPS) is 11.0. The van der Waals surface area contributed by atoms with Gasteiger partial charge in [-0.3, -0.25) is 10.1 Å². The van der Waals surface area contributed by atoms with Gasteiger partial charge in [-0.25, -0.2) is 4.63 Å². The molecule has 2 N–H and O–H groups in total. The van der Waals surface area contributed by atoms with E-state index in [0.29, 0.717) is 6.54 Å². The predicted octanol–water partition coefficient (Wildman–Crippen LogP) is 1.80. The van der Waals surface area contributed by atoms with Crippen molar-refractivity contribution in [3.63, 3.8) is 0 Å². The molecular formula is C12H15N6O4+. The highest BCUT2D eigenvalue weighted by Crippen LogP contribution is 2.19. The zero-order valence-electron chi connectivity index (χ0n) is 12.0. The molecule has 116 valence electrons. The molecule has 0 unspecified atom stereocenters. The molecule has 0 atom stereocenters. The highest BCUT2D eigenvalue weighted by Gasteiger charge is 2.49. The fraction of sp³-hybridized carbons (Fsp3) is 0.333. The average Bonchev–Trinajstić information content (AvgIpc) is 2.93. The lowest BCUT2D eigenvalue weighted by Crippen LogP contribution is -2.45. The van der Waals surface area contributed by atoms with Crippen molar-refractivity contribution in [3.05, 3.63) is 50.9 Å². The van der Waals surface area contributed by atoms with Crippen LogP contribution >= 0.6 is 0 Å². The molecule has 2 rings (SSSR count). The van der Waals surface area contributed by atoms with Gasteiger partial charge in [-0.15, -0.1) is 0 Å². The Hall–Kier alpha value is -3.04. The van der Waals surface area contributed by atoms with Gasteiger partial charge in [0.1, 0.15) is 0 Å². The number of benzene rings is 1.